The van der Waals surface area contributed by atoms with Crippen LogP contribution in [0.1, 0.15) is 19.0 Å². The monoisotopic (exact) mass is 289 g/mol. The number of hydrogen-bond acceptors (Lipinski definition) is 4. The molecule has 104 valence electrons. The van der Waals surface area contributed by atoms with Crippen LogP contribution < -0.4 is 10.6 Å². The molecule has 3 nitrogen and oxygen atoms in total. The first-order chi connectivity index (χ1) is 8.82. The van der Waals surface area contributed by atoms with Crippen molar-refractivity contribution in [2.45, 2.75) is 25.1 Å². The number of nitrogens with one attached hydrogen (secondary N) is 2. The summed E-state index contributed by atoms with van der Waals surface area (Å²) in [5.41, 5.74) is -0.207. The normalized spacial score (nSPS) is 23.3. The SMILES string of the molecule is CNC1(C)C=CC(Nc2nc(C(F)(F)F)cs2)=CC1. The maximum atomic E-state index is 12.4. The zero-order chi connectivity index (χ0) is 14.1. The Labute approximate surface area is 113 Å². The average molecular weight is 289 g/mol. The molecule has 1 atom stereocenters. The van der Waals surface area contributed by atoms with E-state index in [1.54, 1.807) is 0 Å². The maximum Gasteiger partial charge on any atom is 0.434 e. The molecule has 2 rings (SSSR count). The first-order valence-corrected chi connectivity index (χ1v) is 6.58. The van der Waals surface area contributed by atoms with E-state index in [2.05, 4.69) is 15.6 Å². The molecule has 0 aliphatic heterocycles. The quantitative estimate of drug-likeness (QED) is 0.895. The van der Waals surface area contributed by atoms with Gasteiger partial charge in [-0.05, 0) is 26.5 Å². The molecule has 1 heterocycles. The van der Waals surface area contributed by atoms with E-state index in [1.807, 2.05) is 32.2 Å². The molecule has 0 spiro atoms. The number of likely N-dealkylation sites (N-methyl/N-ethyl adjacent to an activating group) is 1. The molecule has 0 bridgehead atoms. The van der Waals surface area contributed by atoms with Crippen molar-refractivity contribution < 1.29 is 13.2 Å². The van der Waals surface area contributed by atoms with Gasteiger partial charge in [-0.15, -0.1) is 11.3 Å². The number of rotatable bonds is 3. The lowest BCUT2D eigenvalue weighted by molar-refractivity contribution is -0.140. The molecule has 0 amide bonds. The van der Waals surface area contributed by atoms with Gasteiger partial charge < -0.3 is 10.6 Å². The van der Waals surface area contributed by atoms with Crippen LogP contribution in [0.25, 0.3) is 0 Å². The number of aromatic nitrogens is 1. The lowest BCUT2D eigenvalue weighted by Crippen LogP contribution is -2.38. The standard InChI is InChI=1S/C12H14F3N3S/c1-11(16-2)5-3-8(4-6-11)17-10-18-9(7-19-10)12(13,14)15/h3-5,7,16H,6H2,1-2H3,(H,17,18). The summed E-state index contributed by atoms with van der Waals surface area (Å²) in [4.78, 5) is 3.52. The molecule has 7 heteroatoms. The summed E-state index contributed by atoms with van der Waals surface area (Å²) in [6.45, 7) is 2.04. The summed E-state index contributed by atoms with van der Waals surface area (Å²) in [7, 11) is 1.87. The lowest BCUT2D eigenvalue weighted by Gasteiger charge is -2.27. The number of anilines is 1. The summed E-state index contributed by atoms with van der Waals surface area (Å²) in [6, 6.07) is 0. The molecule has 0 saturated carbocycles. The summed E-state index contributed by atoms with van der Waals surface area (Å²) < 4.78 is 37.2. The van der Waals surface area contributed by atoms with E-state index < -0.39 is 11.9 Å². The summed E-state index contributed by atoms with van der Waals surface area (Å²) in [5, 5.41) is 7.31. The van der Waals surface area contributed by atoms with Gasteiger partial charge in [-0.1, -0.05) is 12.2 Å². The van der Waals surface area contributed by atoms with Crippen LogP contribution in [0.15, 0.2) is 29.3 Å². The van der Waals surface area contributed by atoms with Gasteiger partial charge in [-0.3, -0.25) is 0 Å². The largest absolute Gasteiger partial charge is 0.434 e. The lowest BCUT2D eigenvalue weighted by atomic mass is 9.93. The van der Waals surface area contributed by atoms with Gasteiger partial charge in [0, 0.05) is 16.6 Å². The van der Waals surface area contributed by atoms with Crippen molar-refractivity contribution in [3.8, 4) is 0 Å². The summed E-state index contributed by atoms with van der Waals surface area (Å²) in [6.07, 6.45) is 2.13. The predicted octanol–water partition coefficient (Wildman–Crippen LogP) is 3.40. The molecule has 0 fully saturated rings. The Morgan fingerprint density at radius 1 is 1.42 bits per heavy atom. The van der Waals surface area contributed by atoms with Gasteiger partial charge in [0.15, 0.2) is 10.8 Å². The number of alkyl halides is 3. The molecular formula is C12H14F3N3S. The van der Waals surface area contributed by atoms with E-state index in [0.29, 0.717) is 0 Å². The summed E-state index contributed by atoms with van der Waals surface area (Å²) in [5.74, 6) is 0. The van der Waals surface area contributed by atoms with E-state index >= 15 is 0 Å². The second-order valence-electron chi connectivity index (χ2n) is 4.53. The van der Waals surface area contributed by atoms with Crippen molar-refractivity contribution in [2.24, 2.45) is 0 Å². The summed E-state index contributed by atoms with van der Waals surface area (Å²) >= 11 is 0.943. The number of nitrogens with zero attached hydrogens (tertiary/aromatic N) is 1. The van der Waals surface area contributed by atoms with Gasteiger partial charge in [-0.25, -0.2) is 4.98 Å². The molecule has 1 aromatic heterocycles. The van der Waals surface area contributed by atoms with Gasteiger partial charge in [0.25, 0.3) is 0 Å². The van der Waals surface area contributed by atoms with Crippen molar-refractivity contribution >= 4 is 16.5 Å². The Kier molecular flexibility index (Phi) is 3.69. The van der Waals surface area contributed by atoms with Crippen LogP contribution in [0, 0.1) is 0 Å². The van der Waals surface area contributed by atoms with Crippen molar-refractivity contribution in [1.82, 2.24) is 10.3 Å². The third-order valence-corrected chi connectivity index (χ3v) is 3.75. The smallest absolute Gasteiger partial charge is 0.332 e. The van der Waals surface area contributed by atoms with E-state index in [4.69, 9.17) is 0 Å². The number of hydrogen-bond donors (Lipinski definition) is 2. The molecule has 0 saturated heterocycles. The van der Waals surface area contributed by atoms with Gasteiger partial charge in [0.05, 0.1) is 0 Å². The highest BCUT2D eigenvalue weighted by molar-refractivity contribution is 7.13. The Hall–Kier alpha value is -1.34. The van der Waals surface area contributed by atoms with Crippen LogP contribution in [0.5, 0.6) is 0 Å². The van der Waals surface area contributed by atoms with E-state index in [0.717, 1.165) is 28.8 Å². The number of allylic oxidation sites excluding steroid dienone is 1. The van der Waals surface area contributed by atoms with Gasteiger partial charge in [0.1, 0.15) is 0 Å². The molecule has 1 aliphatic carbocycles. The predicted molar refractivity (Wildman–Crippen MR) is 70.0 cm³/mol. The molecule has 1 unspecified atom stereocenters. The number of thiazole rings is 1. The third-order valence-electron chi connectivity index (χ3n) is 2.99. The van der Waals surface area contributed by atoms with Gasteiger partial charge in [0.2, 0.25) is 0 Å². The molecular weight excluding hydrogens is 275 g/mol. The zero-order valence-electron chi connectivity index (χ0n) is 10.5. The van der Waals surface area contributed by atoms with Crippen LogP contribution in [-0.2, 0) is 6.18 Å². The van der Waals surface area contributed by atoms with Crippen LogP contribution in [0.4, 0.5) is 18.3 Å². The van der Waals surface area contributed by atoms with E-state index in [9.17, 15) is 13.2 Å². The van der Waals surface area contributed by atoms with Crippen molar-refractivity contribution in [3.63, 3.8) is 0 Å². The minimum absolute atomic E-state index is 0.106. The first-order valence-electron chi connectivity index (χ1n) is 5.70. The highest BCUT2D eigenvalue weighted by Crippen LogP contribution is 2.32. The highest BCUT2D eigenvalue weighted by Gasteiger charge is 2.33. The molecule has 1 aliphatic rings. The van der Waals surface area contributed by atoms with E-state index in [1.165, 1.54) is 0 Å². The van der Waals surface area contributed by atoms with Gasteiger partial charge >= 0.3 is 6.18 Å². The molecule has 1 aromatic rings. The third kappa shape index (κ3) is 3.36. The van der Waals surface area contributed by atoms with Crippen LogP contribution in [0.3, 0.4) is 0 Å². The minimum Gasteiger partial charge on any atom is -0.332 e. The fraction of sp³-hybridized carbons (Fsp3) is 0.417. The fourth-order valence-corrected chi connectivity index (χ4v) is 2.33. The second kappa shape index (κ2) is 4.97. The Balaban J connectivity index is 2.04. The maximum absolute atomic E-state index is 12.4. The average Bonchev–Trinajstić information content (AvgIpc) is 2.81. The van der Waals surface area contributed by atoms with Crippen molar-refractivity contribution in [3.05, 3.63) is 35.0 Å². The van der Waals surface area contributed by atoms with Crippen LogP contribution >= 0.6 is 11.3 Å². The van der Waals surface area contributed by atoms with Crippen molar-refractivity contribution in [1.29, 1.82) is 0 Å². The van der Waals surface area contributed by atoms with Crippen molar-refractivity contribution in [2.75, 3.05) is 12.4 Å². The highest BCUT2D eigenvalue weighted by atomic mass is 32.1. The molecule has 2 N–H and O–H groups in total. The molecule has 19 heavy (non-hydrogen) atoms. The second-order valence-corrected chi connectivity index (χ2v) is 5.38. The molecule has 0 radical (unpaired) electrons. The van der Waals surface area contributed by atoms with E-state index in [-0.39, 0.29) is 10.7 Å². The fourth-order valence-electron chi connectivity index (χ4n) is 1.59. The Bertz CT molecular complexity index is 519. The number of halogens is 3. The minimum atomic E-state index is -4.39. The molecule has 0 aromatic carbocycles. The van der Waals surface area contributed by atoms with Crippen LogP contribution in [0.2, 0.25) is 0 Å². The Morgan fingerprint density at radius 2 is 2.16 bits per heavy atom. The van der Waals surface area contributed by atoms with Gasteiger partial charge in [-0.2, -0.15) is 13.2 Å². The zero-order valence-corrected chi connectivity index (χ0v) is 11.3. The Morgan fingerprint density at radius 3 is 2.63 bits per heavy atom. The topological polar surface area (TPSA) is 37.0 Å². The van der Waals surface area contributed by atoms with Crippen LogP contribution in [-0.4, -0.2) is 17.6 Å². The first kappa shape index (κ1) is 14.1.